The molecule has 3 nitrogen and oxygen atoms in total. The molecule has 0 radical (unpaired) electrons. The fraction of sp³-hybridized carbons (Fsp3) is 0.250. The highest BCUT2D eigenvalue weighted by atomic mass is 35.5. The highest BCUT2D eigenvalue weighted by molar-refractivity contribution is 6.34. The Balaban J connectivity index is 2.39. The first-order valence-electron chi connectivity index (χ1n) is 6.53. The van der Waals surface area contributed by atoms with E-state index in [9.17, 15) is 4.79 Å². The van der Waals surface area contributed by atoms with Crippen LogP contribution in [0.4, 0.5) is 5.69 Å². The molecule has 0 spiro atoms. The number of anilines is 1. The minimum absolute atomic E-state index is 0.0556. The number of benzene rings is 1. The molecule has 1 heterocycles. The molecule has 4 heteroatoms. The zero-order chi connectivity index (χ0) is 14.7. The Hall–Kier alpha value is -1.87. The second kappa shape index (κ2) is 6.06. The van der Waals surface area contributed by atoms with E-state index in [0.717, 1.165) is 11.3 Å². The number of amides is 1. The third-order valence-electron chi connectivity index (χ3n) is 3.12. The van der Waals surface area contributed by atoms with Crippen molar-refractivity contribution in [2.75, 3.05) is 11.4 Å². The van der Waals surface area contributed by atoms with Crippen molar-refractivity contribution in [3.8, 4) is 0 Å². The van der Waals surface area contributed by atoms with E-state index >= 15 is 0 Å². The molecular formula is C16H17ClN2O. The Bertz CT molecular complexity index is 623. The molecule has 0 unspecified atom stereocenters. The number of hydrogen-bond acceptors (Lipinski definition) is 2. The van der Waals surface area contributed by atoms with E-state index in [-0.39, 0.29) is 5.91 Å². The van der Waals surface area contributed by atoms with Crippen LogP contribution in [-0.4, -0.2) is 17.4 Å². The summed E-state index contributed by atoms with van der Waals surface area (Å²) >= 11 is 6.17. The van der Waals surface area contributed by atoms with Crippen molar-refractivity contribution in [2.45, 2.75) is 20.8 Å². The molecule has 0 saturated heterocycles. The number of aryl methyl sites for hydroxylation is 2. The molecule has 2 rings (SSSR count). The van der Waals surface area contributed by atoms with Gasteiger partial charge in [-0.15, -0.1) is 0 Å². The van der Waals surface area contributed by atoms with E-state index in [4.69, 9.17) is 11.6 Å². The summed E-state index contributed by atoms with van der Waals surface area (Å²) in [6, 6.07) is 9.36. The van der Waals surface area contributed by atoms with Crippen molar-refractivity contribution in [3.63, 3.8) is 0 Å². The van der Waals surface area contributed by atoms with Gasteiger partial charge in [-0.1, -0.05) is 29.3 Å². The van der Waals surface area contributed by atoms with Crippen LogP contribution in [0.25, 0.3) is 0 Å². The molecule has 0 aliphatic carbocycles. The second-order valence-electron chi connectivity index (χ2n) is 4.69. The van der Waals surface area contributed by atoms with Crippen molar-refractivity contribution >= 4 is 23.2 Å². The smallest absolute Gasteiger partial charge is 0.258 e. The Morgan fingerprint density at radius 1 is 1.25 bits per heavy atom. The molecule has 1 amide bonds. The predicted molar refractivity (Wildman–Crippen MR) is 82.5 cm³/mol. The first-order valence-corrected chi connectivity index (χ1v) is 6.91. The first kappa shape index (κ1) is 14.5. The normalized spacial score (nSPS) is 10.4. The van der Waals surface area contributed by atoms with Crippen LogP contribution in [-0.2, 0) is 0 Å². The monoisotopic (exact) mass is 288 g/mol. The third-order valence-corrected chi connectivity index (χ3v) is 3.41. The maximum atomic E-state index is 12.6. The van der Waals surface area contributed by atoms with Crippen LogP contribution in [0.1, 0.15) is 28.5 Å². The lowest BCUT2D eigenvalue weighted by Crippen LogP contribution is -2.31. The second-order valence-corrected chi connectivity index (χ2v) is 5.10. The average Bonchev–Trinajstić information content (AvgIpc) is 2.44. The topological polar surface area (TPSA) is 33.2 Å². The molecule has 0 N–H and O–H groups in total. The van der Waals surface area contributed by atoms with Crippen molar-refractivity contribution < 1.29 is 4.79 Å². The zero-order valence-electron chi connectivity index (χ0n) is 11.9. The molecule has 2 aromatic rings. The highest BCUT2D eigenvalue weighted by Crippen LogP contribution is 2.26. The summed E-state index contributed by atoms with van der Waals surface area (Å²) in [5.74, 6) is -0.0556. The molecule has 1 aromatic heterocycles. The van der Waals surface area contributed by atoms with Crippen molar-refractivity contribution in [1.82, 2.24) is 4.98 Å². The molecule has 0 aliphatic rings. The number of carbonyl (C=O) groups excluding carboxylic acids is 1. The van der Waals surface area contributed by atoms with Crippen LogP contribution >= 0.6 is 11.6 Å². The van der Waals surface area contributed by atoms with Crippen molar-refractivity contribution in [3.05, 3.63) is 58.4 Å². The van der Waals surface area contributed by atoms with E-state index in [2.05, 4.69) is 4.98 Å². The van der Waals surface area contributed by atoms with E-state index in [0.29, 0.717) is 22.8 Å². The minimum Gasteiger partial charge on any atom is -0.307 e. The van der Waals surface area contributed by atoms with Crippen LogP contribution in [0.15, 0.2) is 36.5 Å². The largest absolute Gasteiger partial charge is 0.307 e. The van der Waals surface area contributed by atoms with Gasteiger partial charge >= 0.3 is 0 Å². The summed E-state index contributed by atoms with van der Waals surface area (Å²) in [6.45, 7) is 6.35. The molecule has 0 atom stereocenters. The van der Waals surface area contributed by atoms with Gasteiger partial charge in [-0.25, -0.2) is 0 Å². The minimum atomic E-state index is -0.0556. The molecule has 0 saturated carbocycles. The summed E-state index contributed by atoms with van der Waals surface area (Å²) in [6.07, 6.45) is 1.58. The van der Waals surface area contributed by atoms with Gasteiger partial charge in [0.25, 0.3) is 5.91 Å². The highest BCUT2D eigenvalue weighted by Gasteiger charge is 2.18. The maximum absolute atomic E-state index is 12.6. The number of hydrogen-bond donors (Lipinski definition) is 0. The quantitative estimate of drug-likeness (QED) is 0.855. The Morgan fingerprint density at radius 2 is 1.90 bits per heavy atom. The molecular weight excluding hydrogens is 272 g/mol. The molecule has 0 bridgehead atoms. The number of halogens is 1. The fourth-order valence-corrected chi connectivity index (χ4v) is 2.22. The van der Waals surface area contributed by atoms with Gasteiger partial charge < -0.3 is 4.90 Å². The predicted octanol–water partition coefficient (Wildman–Crippen LogP) is 4.02. The first-order chi connectivity index (χ1) is 9.52. The fourth-order valence-electron chi connectivity index (χ4n) is 2.01. The van der Waals surface area contributed by atoms with Crippen LogP contribution in [0.2, 0.25) is 5.02 Å². The molecule has 104 valence electrons. The Kier molecular flexibility index (Phi) is 4.40. The summed E-state index contributed by atoms with van der Waals surface area (Å²) in [5.41, 5.74) is 3.32. The number of rotatable bonds is 3. The van der Waals surface area contributed by atoms with Gasteiger partial charge in [-0.05, 0) is 39.0 Å². The summed E-state index contributed by atoms with van der Waals surface area (Å²) in [5, 5.41) is 0.484. The standard InChI is InChI=1S/C16H17ClN2O/c1-4-19(15-9-12(3)18-10-14(15)17)16(20)13-7-5-11(2)6-8-13/h5-10H,4H2,1-3H3. The zero-order valence-corrected chi connectivity index (χ0v) is 12.6. The summed E-state index contributed by atoms with van der Waals surface area (Å²) in [4.78, 5) is 18.4. The van der Waals surface area contributed by atoms with E-state index < -0.39 is 0 Å². The van der Waals surface area contributed by atoms with Gasteiger partial charge in [-0.2, -0.15) is 0 Å². The van der Waals surface area contributed by atoms with Crippen LogP contribution in [0, 0.1) is 13.8 Å². The van der Waals surface area contributed by atoms with Gasteiger partial charge in [0.1, 0.15) is 0 Å². The van der Waals surface area contributed by atoms with Gasteiger partial charge in [-0.3, -0.25) is 9.78 Å². The molecule has 20 heavy (non-hydrogen) atoms. The Morgan fingerprint density at radius 3 is 2.50 bits per heavy atom. The lowest BCUT2D eigenvalue weighted by Gasteiger charge is -2.22. The summed E-state index contributed by atoms with van der Waals surface area (Å²) in [7, 11) is 0. The van der Waals surface area contributed by atoms with Gasteiger partial charge in [0.2, 0.25) is 0 Å². The van der Waals surface area contributed by atoms with Gasteiger partial charge in [0, 0.05) is 24.0 Å². The van der Waals surface area contributed by atoms with Crippen molar-refractivity contribution in [1.29, 1.82) is 0 Å². The number of nitrogens with zero attached hydrogens (tertiary/aromatic N) is 2. The van der Waals surface area contributed by atoms with E-state index in [1.807, 2.05) is 51.1 Å². The van der Waals surface area contributed by atoms with E-state index in [1.165, 1.54) is 0 Å². The van der Waals surface area contributed by atoms with Crippen molar-refractivity contribution in [2.24, 2.45) is 0 Å². The third kappa shape index (κ3) is 2.99. The SMILES string of the molecule is CCN(C(=O)c1ccc(C)cc1)c1cc(C)ncc1Cl. The summed E-state index contributed by atoms with van der Waals surface area (Å²) < 4.78 is 0. The van der Waals surface area contributed by atoms with Gasteiger partial charge in [0.05, 0.1) is 10.7 Å². The average molecular weight is 289 g/mol. The van der Waals surface area contributed by atoms with Crippen LogP contribution in [0.3, 0.4) is 0 Å². The number of pyridine rings is 1. The maximum Gasteiger partial charge on any atom is 0.258 e. The van der Waals surface area contributed by atoms with Crippen LogP contribution < -0.4 is 4.90 Å². The van der Waals surface area contributed by atoms with Crippen LogP contribution in [0.5, 0.6) is 0 Å². The molecule has 1 aromatic carbocycles. The van der Waals surface area contributed by atoms with E-state index in [1.54, 1.807) is 11.1 Å². The lowest BCUT2D eigenvalue weighted by atomic mass is 10.1. The molecule has 0 aliphatic heterocycles. The Labute approximate surface area is 124 Å². The molecule has 0 fully saturated rings. The van der Waals surface area contributed by atoms with Gasteiger partial charge in [0.15, 0.2) is 0 Å². The number of aromatic nitrogens is 1. The lowest BCUT2D eigenvalue weighted by molar-refractivity contribution is 0.0988. The number of carbonyl (C=O) groups is 1.